The molecule has 2 amide bonds. The Kier molecular flexibility index (Phi) is 6.49. The van der Waals surface area contributed by atoms with Gasteiger partial charge in [0, 0.05) is 48.3 Å². The standard InChI is InChI=1S/C27H24ClFN4O4/c1-32(2)26(35)16-9-11-19-22(13-16)33(27(36)23-17(14-6-7-14)4-3-5-20(23)28)30-24(19)18-10-8-15(12-21(18)29)25(34)31-37/h3-5,8,10,12,14,16H,6-7,9,11,13H2,1-2H3/t16-/m0/s1. The molecular formula is C27H24ClFN4O4. The van der Waals surface area contributed by atoms with Crippen LogP contribution in [0, 0.1) is 16.6 Å². The van der Waals surface area contributed by atoms with Crippen molar-refractivity contribution >= 4 is 29.3 Å². The Bertz CT molecular complexity index is 1460. The van der Waals surface area contributed by atoms with Gasteiger partial charge in [-0.25, -0.2) is 4.39 Å². The number of hydrogen-bond acceptors (Lipinski definition) is 5. The van der Waals surface area contributed by atoms with E-state index in [-0.39, 0.29) is 41.0 Å². The molecule has 1 atom stereocenters. The first-order valence-electron chi connectivity index (χ1n) is 12.0. The third-order valence-electron chi connectivity index (χ3n) is 7.09. The topological polar surface area (TPSA) is 102 Å². The second kappa shape index (κ2) is 9.63. The second-order valence-corrected chi connectivity index (χ2v) is 10.1. The van der Waals surface area contributed by atoms with Crippen LogP contribution < -0.4 is 0 Å². The van der Waals surface area contributed by atoms with Gasteiger partial charge in [0.15, 0.2) is 0 Å². The number of carbonyl (C=O) groups excluding carboxylic acids is 3. The average Bonchev–Trinajstić information content (AvgIpc) is 3.67. The summed E-state index contributed by atoms with van der Waals surface area (Å²) in [5, 5.41) is 7.22. The molecule has 0 N–H and O–H groups in total. The van der Waals surface area contributed by atoms with Gasteiger partial charge in [0.1, 0.15) is 5.82 Å². The zero-order chi connectivity index (χ0) is 26.4. The van der Waals surface area contributed by atoms with Gasteiger partial charge in [-0.3, -0.25) is 14.4 Å². The fourth-order valence-electron chi connectivity index (χ4n) is 5.07. The van der Waals surface area contributed by atoms with Gasteiger partial charge in [0.05, 0.1) is 22.0 Å². The number of nitroso groups, excluding NO2 is 1. The van der Waals surface area contributed by atoms with E-state index in [1.165, 1.54) is 21.7 Å². The number of carbonyl (C=O) groups is 3. The maximum absolute atomic E-state index is 15.2. The molecular weight excluding hydrogens is 499 g/mol. The summed E-state index contributed by atoms with van der Waals surface area (Å²) in [6.45, 7) is 0. The number of halogens is 2. The lowest BCUT2D eigenvalue weighted by atomic mass is 9.84. The number of benzene rings is 2. The fraction of sp³-hybridized carbons (Fsp3) is 0.333. The molecule has 1 fully saturated rings. The summed E-state index contributed by atoms with van der Waals surface area (Å²) in [7, 11) is 3.37. The molecule has 37 heavy (non-hydrogen) atoms. The quantitative estimate of drug-likeness (QED) is 0.438. The van der Waals surface area contributed by atoms with Crippen LogP contribution in [0.4, 0.5) is 4.39 Å². The van der Waals surface area contributed by atoms with E-state index in [2.05, 4.69) is 10.3 Å². The van der Waals surface area contributed by atoms with Crippen molar-refractivity contribution in [3.63, 3.8) is 0 Å². The highest BCUT2D eigenvalue weighted by molar-refractivity contribution is 6.34. The molecule has 2 aromatic carbocycles. The first-order chi connectivity index (χ1) is 17.7. The smallest absolute Gasteiger partial charge is 0.316 e. The highest BCUT2D eigenvalue weighted by Crippen LogP contribution is 2.44. The normalized spacial score (nSPS) is 16.7. The summed E-state index contributed by atoms with van der Waals surface area (Å²) >= 11 is 6.51. The predicted octanol–water partition coefficient (Wildman–Crippen LogP) is 5.01. The van der Waals surface area contributed by atoms with Crippen LogP contribution >= 0.6 is 11.6 Å². The number of aromatic nitrogens is 2. The van der Waals surface area contributed by atoms with Crippen LogP contribution in [0.25, 0.3) is 11.3 Å². The van der Waals surface area contributed by atoms with Crippen molar-refractivity contribution in [2.45, 2.75) is 38.0 Å². The molecule has 10 heteroatoms. The highest BCUT2D eigenvalue weighted by atomic mass is 35.5. The molecule has 0 bridgehead atoms. The van der Waals surface area contributed by atoms with E-state index < -0.39 is 17.6 Å². The molecule has 3 aromatic rings. The van der Waals surface area contributed by atoms with Crippen molar-refractivity contribution < 1.29 is 18.8 Å². The lowest BCUT2D eigenvalue weighted by Gasteiger charge is -2.25. The van der Waals surface area contributed by atoms with Crippen LogP contribution in [0.2, 0.25) is 5.02 Å². The summed E-state index contributed by atoms with van der Waals surface area (Å²) in [5.41, 5.74) is 2.60. The van der Waals surface area contributed by atoms with Crippen molar-refractivity contribution in [2.24, 2.45) is 11.1 Å². The first kappa shape index (κ1) is 25.0. The van der Waals surface area contributed by atoms with E-state index >= 15 is 4.39 Å². The zero-order valence-electron chi connectivity index (χ0n) is 20.3. The monoisotopic (exact) mass is 522 g/mol. The zero-order valence-corrected chi connectivity index (χ0v) is 21.1. The van der Waals surface area contributed by atoms with E-state index in [4.69, 9.17) is 11.6 Å². The largest absolute Gasteiger partial charge is 0.349 e. The van der Waals surface area contributed by atoms with E-state index in [0.717, 1.165) is 24.5 Å². The third-order valence-corrected chi connectivity index (χ3v) is 7.40. The maximum Gasteiger partial charge on any atom is 0.316 e. The number of nitrogens with zero attached hydrogens (tertiary/aromatic N) is 4. The summed E-state index contributed by atoms with van der Waals surface area (Å²) < 4.78 is 16.4. The first-order valence-corrected chi connectivity index (χ1v) is 12.4. The molecule has 0 saturated heterocycles. The van der Waals surface area contributed by atoms with Crippen LogP contribution in [0.1, 0.15) is 62.7 Å². The van der Waals surface area contributed by atoms with Crippen molar-refractivity contribution in [1.29, 1.82) is 0 Å². The third kappa shape index (κ3) is 4.48. The van der Waals surface area contributed by atoms with Crippen LogP contribution in [-0.2, 0) is 17.6 Å². The summed E-state index contributed by atoms with van der Waals surface area (Å²) in [5.74, 6) is -2.43. The number of hydrogen-bond donors (Lipinski definition) is 0. The van der Waals surface area contributed by atoms with Crippen molar-refractivity contribution in [3.05, 3.63) is 80.1 Å². The minimum atomic E-state index is -1.08. The Morgan fingerprint density at radius 3 is 2.54 bits per heavy atom. The Balaban J connectivity index is 1.65. The van der Waals surface area contributed by atoms with E-state index in [0.29, 0.717) is 34.7 Å². The fourth-order valence-corrected chi connectivity index (χ4v) is 5.33. The van der Waals surface area contributed by atoms with Crippen molar-refractivity contribution in [2.75, 3.05) is 14.1 Å². The summed E-state index contributed by atoms with van der Waals surface area (Å²) in [4.78, 5) is 50.5. The van der Waals surface area contributed by atoms with Gasteiger partial charge >= 0.3 is 5.91 Å². The Hall–Kier alpha value is -3.72. The van der Waals surface area contributed by atoms with Crippen LogP contribution in [-0.4, -0.2) is 46.5 Å². The number of fused-ring (bicyclic) bond motifs is 1. The molecule has 0 unspecified atom stereocenters. The molecule has 5 rings (SSSR count). The van der Waals surface area contributed by atoms with Crippen molar-refractivity contribution in [1.82, 2.24) is 14.7 Å². The van der Waals surface area contributed by atoms with Crippen molar-refractivity contribution in [3.8, 4) is 11.3 Å². The van der Waals surface area contributed by atoms with Gasteiger partial charge in [-0.15, -0.1) is 4.91 Å². The predicted molar refractivity (Wildman–Crippen MR) is 135 cm³/mol. The van der Waals surface area contributed by atoms with Crippen LogP contribution in [0.5, 0.6) is 0 Å². The summed E-state index contributed by atoms with van der Waals surface area (Å²) in [6, 6.07) is 8.96. The van der Waals surface area contributed by atoms with Gasteiger partial charge in [-0.05, 0) is 61.4 Å². The molecule has 8 nitrogen and oxygen atoms in total. The lowest BCUT2D eigenvalue weighted by molar-refractivity contribution is -0.133. The molecule has 1 heterocycles. The van der Waals surface area contributed by atoms with Crippen LogP contribution in [0.15, 0.2) is 41.6 Å². The van der Waals surface area contributed by atoms with E-state index in [1.807, 2.05) is 12.1 Å². The Morgan fingerprint density at radius 1 is 1.14 bits per heavy atom. The van der Waals surface area contributed by atoms with E-state index in [1.54, 1.807) is 20.2 Å². The second-order valence-electron chi connectivity index (χ2n) is 9.73. The molecule has 1 aromatic heterocycles. The molecule has 0 aliphatic heterocycles. The van der Waals surface area contributed by atoms with Gasteiger partial charge in [-0.2, -0.15) is 9.78 Å². The van der Waals surface area contributed by atoms with Crippen LogP contribution in [0.3, 0.4) is 0 Å². The molecule has 2 aliphatic rings. The Morgan fingerprint density at radius 2 is 1.89 bits per heavy atom. The molecule has 2 aliphatic carbocycles. The summed E-state index contributed by atoms with van der Waals surface area (Å²) in [6.07, 6.45) is 3.13. The minimum absolute atomic E-state index is 0.0563. The number of rotatable bonds is 5. The molecule has 190 valence electrons. The SMILES string of the molecule is CN(C)C(=O)[C@H]1CCc2c(-c3ccc(C(=O)N=O)cc3F)nn(C(=O)c3c(Cl)cccc3C3CC3)c2C1. The average molecular weight is 523 g/mol. The Labute approximate surface area is 217 Å². The van der Waals surface area contributed by atoms with Gasteiger partial charge < -0.3 is 4.90 Å². The lowest BCUT2D eigenvalue weighted by Crippen LogP contribution is -2.34. The molecule has 0 spiro atoms. The maximum atomic E-state index is 15.2. The molecule has 1 saturated carbocycles. The molecule has 0 radical (unpaired) electrons. The van der Waals surface area contributed by atoms with Gasteiger partial charge in [0.2, 0.25) is 5.91 Å². The highest BCUT2D eigenvalue weighted by Gasteiger charge is 2.36. The number of amides is 2. The minimum Gasteiger partial charge on any atom is -0.349 e. The van der Waals surface area contributed by atoms with Gasteiger partial charge in [0.25, 0.3) is 5.91 Å². The van der Waals surface area contributed by atoms with Gasteiger partial charge in [-0.1, -0.05) is 23.7 Å². The van der Waals surface area contributed by atoms with E-state index in [9.17, 15) is 19.3 Å².